The van der Waals surface area contributed by atoms with Crippen LogP contribution in [0.2, 0.25) is 0 Å². The third-order valence-electron chi connectivity index (χ3n) is 3.43. The van der Waals surface area contributed by atoms with Gasteiger partial charge in [0.05, 0.1) is 0 Å². The maximum absolute atomic E-state index is 3.70. The van der Waals surface area contributed by atoms with E-state index < -0.39 is 0 Å². The molecule has 0 amide bonds. The molecule has 1 aromatic carbocycles. The Labute approximate surface area is 109 Å². The van der Waals surface area contributed by atoms with Crippen LogP contribution >= 0.6 is 11.8 Å². The van der Waals surface area contributed by atoms with E-state index in [9.17, 15) is 0 Å². The molecule has 94 valence electrons. The lowest BCUT2D eigenvalue weighted by Crippen LogP contribution is -2.32. The van der Waals surface area contributed by atoms with Crippen molar-refractivity contribution >= 4 is 11.8 Å². The molecule has 2 atom stereocenters. The Morgan fingerprint density at radius 2 is 1.88 bits per heavy atom. The van der Waals surface area contributed by atoms with Crippen LogP contribution in [0.1, 0.15) is 49.9 Å². The van der Waals surface area contributed by atoms with E-state index in [1.807, 2.05) is 11.8 Å². The van der Waals surface area contributed by atoms with Crippen LogP contribution in [0.15, 0.2) is 17.0 Å². The zero-order chi connectivity index (χ0) is 12.6. The SMILES string of the molecule is Cc1cc2c(cc1C)C(NC(C)C)CC(C)S2. The molecular formula is C15H23NS. The highest BCUT2D eigenvalue weighted by Gasteiger charge is 2.25. The summed E-state index contributed by atoms with van der Waals surface area (Å²) in [7, 11) is 0. The van der Waals surface area contributed by atoms with E-state index in [0.29, 0.717) is 17.3 Å². The van der Waals surface area contributed by atoms with Gasteiger partial charge >= 0.3 is 0 Å². The summed E-state index contributed by atoms with van der Waals surface area (Å²) in [4.78, 5) is 1.48. The van der Waals surface area contributed by atoms with Crippen molar-refractivity contribution in [3.05, 3.63) is 28.8 Å². The van der Waals surface area contributed by atoms with Crippen LogP contribution < -0.4 is 5.32 Å². The number of hydrogen-bond acceptors (Lipinski definition) is 2. The standard InChI is InChI=1S/C15H23NS/c1-9(2)16-14-8-12(5)17-15-7-11(4)10(3)6-13(14)15/h6-7,9,12,14,16H,8H2,1-5H3. The van der Waals surface area contributed by atoms with E-state index in [2.05, 4.69) is 52.1 Å². The second-order valence-corrected chi connectivity index (χ2v) is 6.99. The summed E-state index contributed by atoms with van der Waals surface area (Å²) in [5.41, 5.74) is 4.33. The molecule has 1 aliphatic heterocycles. The molecule has 0 saturated heterocycles. The van der Waals surface area contributed by atoms with Crippen molar-refractivity contribution in [2.75, 3.05) is 0 Å². The number of hydrogen-bond donors (Lipinski definition) is 1. The highest BCUT2D eigenvalue weighted by Crippen LogP contribution is 2.41. The normalized spacial score (nSPS) is 23.9. The second-order valence-electron chi connectivity index (χ2n) is 5.51. The molecule has 2 rings (SSSR count). The Morgan fingerprint density at radius 3 is 2.53 bits per heavy atom. The van der Waals surface area contributed by atoms with Crippen molar-refractivity contribution in [3.63, 3.8) is 0 Å². The predicted octanol–water partition coefficient (Wildman–Crippen LogP) is 4.23. The Morgan fingerprint density at radius 1 is 1.24 bits per heavy atom. The van der Waals surface area contributed by atoms with Gasteiger partial charge in [-0.1, -0.05) is 26.8 Å². The first-order chi connectivity index (χ1) is 7.97. The van der Waals surface area contributed by atoms with Gasteiger partial charge in [-0.05, 0) is 43.0 Å². The average molecular weight is 249 g/mol. The van der Waals surface area contributed by atoms with Crippen LogP contribution in [-0.2, 0) is 0 Å². The van der Waals surface area contributed by atoms with E-state index in [1.54, 1.807) is 0 Å². The zero-order valence-electron chi connectivity index (χ0n) is 11.5. The van der Waals surface area contributed by atoms with Gasteiger partial charge in [-0.25, -0.2) is 0 Å². The molecular weight excluding hydrogens is 226 g/mol. The third-order valence-corrected chi connectivity index (χ3v) is 4.63. The zero-order valence-corrected chi connectivity index (χ0v) is 12.3. The van der Waals surface area contributed by atoms with Crippen molar-refractivity contribution in [3.8, 4) is 0 Å². The van der Waals surface area contributed by atoms with E-state index in [1.165, 1.54) is 28.0 Å². The molecule has 1 heterocycles. The fourth-order valence-corrected chi connectivity index (χ4v) is 3.77. The van der Waals surface area contributed by atoms with Gasteiger partial charge in [0.25, 0.3) is 0 Å². The molecule has 0 fully saturated rings. The van der Waals surface area contributed by atoms with Gasteiger partial charge in [-0.15, -0.1) is 11.8 Å². The Bertz CT molecular complexity index is 412. The topological polar surface area (TPSA) is 12.0 Å². The Hall–Kier alpha value is -0.470. The smallest absolute Gasteiger partial charge is 0.0344 e. The molecule has 2 heteroatoms. The molecule has 17 heavy (non-hydrogen) atoms. The predicted molar refractivity (Wildman–Crippen MR) is 76.9 cm³/mol. The number of aryl methyl sites for hydroxylation is 2. The number of rotatable bonds is 2. The Balaban J connectivity index is 2.37. The molecule has 0 saturated carbocycles. The number of fused-ring (bicyclic) bond motifs is 1. The summed E-state index contributed by atoms with van der Waals surface area (Å²) in [5.74, 6) is 0. The van der Waals surface area contributed by atoms with Crippen LogP contribution in [0.3, 0.4) is 0 Å². The van der Waals surface area contributed by atoms with E-state index in [4.69, 9.17) is 0 Å². The van der Waals surface area contributed by atoms with E-state index in [0.717, 1.165) is 0 Å². The van der Waals surface area contributed by atoms with Crippen molar-refractivity contribution in [1.82, 2.24) is 5.32 Å². The lowest BCUT2D eigenvalue weighted by atomic mass is 9.96. The molecule has 0 aliphatic carbocycles. The van der Waals surface area contributed by atoms with Gasteiger partial charge in [-0.2, -0.15) is 0 Å². The molecule has 1 aliphatic rings. The van der Waals surface area contributed by atoms with Crippen LogP contribution in [0.4, 0.5) is 0 Å². The Kier molecular flexibility index (Phi) is 3.84. The molecule has 0 spiro atoms. The van der Waals surface area contributed by atoms with Gasteiger partial charge in [0, 0.05) is 22.2 Å². The minimum atomic E-state index is 0.528. The molecule has 2 unspecified atom stereocenters. The van der Waals surface area contributed by atoms with Gasteiger partial charge < -0.3 is 5.32 Å². The molecule has 0 radical (unpaired) electrons. The van der Waals surface area contributed by atoms with Gasteiger partial charge in [0.1, 0.15) is 0 Å². The minimum Gasteiger partial charge on any atom is -0.308 e. The number of nitrogens with one attached hydrogen (secondary N) is 1. The molecule has 0 bridgehead atoms. The third kappa shape index (κ3) is 2.86. The fraction of sp³-hybridized carbons (Fsp3) is 0.600. The van der Waals surface area contributed by atoms with Crippen molar-refractivity contribution in [1.29, 1.82) is 0 Å². The highest BCUT2D eigenvalue weighted by molar-refractivity contribution is 8.00. The second kappa shape index (κ2) is 5.03. The van der Waals surface area contributed by atoms with Crippen molar-refractivity contribution in [2.45, 2.75) is 63.3 Å². The largest absolute Gasteiger partial charge is 0.308 e. The summed E-state index contributed by atoms with van der Waals surface area (Å²) >= 11 is 2.03. The number of benzene rings is 1. The summed E-state index contributed by atoms with van der Waals surface area (Å²) in [6.45, 7) is 11.2. The molecule has 0 aromatic heterocycles. The summed E-state index contributed by atoms with van der Waals surface area (Å²) in [6.07, 6.45) is 1.23. The van der Waals surface area contributed by atoms with E-state index in [-0.39, 0.29) is 0 Å². The molecule has 1 N–H and O–H groups in total. The summed E-state index contributed by atoms with van der Waals surface area (Å²) in [5, 5.41) is 4.41. The van der Waals surface area contributed by atoms with Crippen molar-refractivity contribution < 1.29 is 0 Å². The molecule has 1 aromatic rings. The lowest BCUT2D eigenvalue weighted by Gasteiger charge is -2.32. The highest BCUT2D eigenvalue weighted by atomic mass is 32.2. The first-order valence-corrected chi connectivity index (χ1v) is 7.39. The first kappa shape index (κ1) is 13.0. The molecule has 1 nitrogen and oxygen atoms in total. The van der Waals surface area contributed by atoms with Gasteiger partial charge in [0.2, 0.25) is 0 Å². The van der Waals surface area contributed by atoms with Crippen molar-refractivity contribution in [2.24, 2.45) is 0 Å². The summed E-state index contributed by atoms with van der Waals surface area (Å²) < 4.78 is 0. The quantitative estimate of drug-likeness (QED) is 0.842. The fourth-order valence-electron chi connectivity index (χ4n) is 2.47. The minimum absolute atomic E-state index is 0.528. The van der Waals surface area contributed by atoms with Crippen LogP contribution in [0.5, 0.6) is 0 Å². The van der Waals surface area contributed by atoms with Crippen LogP contribution in [0, 0.1) is 13.8 Å². The lowest BCUT2D eigenvalue weighted by molar-refractivity contribution is 0.442. The van der Waals surface area contributed by atoms with Gasteiger partial charge in [-0.3, -0.25) is 0 Å². The maximum Gasteiger partial charge on any atom is 0.0344 e. The van der Waals surface area contributed by atoms with Crippen LogP contribution in [-0.4, -0.2) is 11.3 Å². The van der Waals surface area contributed by atoms with Gasteiger partial charge in [0.15, 0.2) is 0 Å². The summed E-state index contributed by atoms with van der Waals surface area (Å²) in [6, 6.07) is 5.81. The number of thioether (sulfide) groups is 1. The monoisotopic (exact) mass is 249 g/mol. The van der Waals surface area contributed by atoms with Crippen LogP contribution in [0.25, 0.3) is 0 Å². The first-order valence-electron chi connectivity index (χ1n) is 6.51. The van der Waals surface area contributed by atoms with E-state index >= 15 is 0 Å². The maximum atomic E-state index is 3.70. The average Bonchev–Trinajstić information content (AvgIpc) is 2.20.